The molecule has 0 bridgehead atoms. The van der Waals surface area contributed by atoms with Gasteiger partial charge in [0.25, 0.3) is 0 Å². The quantitative estimate of drug-likeness (QED) is 0.818. The summed E-state index contributed by atoms with van der Waals surface area (Å²) in [5.74, 6) is 0.126. The molecule has 1 unspecified atom stereocenters. The summed E-state index contributed by atoms with van der Waals surface area (Å²) in [6, 6.07) is 6.06. The molecule has 1 aliphatic rings. The lowest BCUT2D eigenvalue weighted by atomic mass is 10.0. The molecular formula is C13H16N2O. The van der Waals surface area contributed by atoms with Crippen molar-refractivity contribution in [2.75, 3.05) is 18.5 Å². The van der Waals surface area contributed by atoms with Gasteiger partial charge in [0.1, 0.15) is 0 Å². The molecule has 1 heterocycles. The maximum Gasteiger partial charge on any atom is 0.234 e. The molecule has 1 amide bonds. The molecule has 0 aromatic heterocycles. The normalized spacial score (nSPS) is 19.6. The van der Waals surface area contributed by atoms with Gasteiger partial charge in [0, 0.05) is 19.3 Å². The van der Waals surface area contributed by atoms with Crippen LogP contribution < -0.4 is 10.6 Å². The van der Waals surface area contributed by atoms with E-state index >= 15 is 0 Å². The van der Waals surface area contributed by atoms with Crippen molar-refractivity contribution in [1.29, 1.82) is 0 Å². The number of fused-ring (bicyclic) bond motifs is 1. The molecule has 0 radical (unpaired) electrons. The lowest BCUT2D eigenvalue weighted by molar-refractivity contribution is -0.118. The van der Waals surface area contributed by atoms with Crippen molar-refractivity contribution >= 4 is 17.7 Å². The van der Waals surface area contributed by atoms with Gasteiger partial charge in [-0.3, -0.25) is 4.79 Å². The second-order valence-electron chi connectivity index (χ2n) is 4.08. The number of hydrogen-bond donors (Lipinski definition) is 1. The Morgan fingerprint density at radius 3 is 2.94 bits per heavy atom. The Kier molecular flexibility index (Phi) is 2.79. The van der Waals surface area contributed by atoms with Crippen LogP contribution in [0.1, 0.15) is 24.0 Å². The summed E-state index contributed by atoms with van der Waals surface area (Å²) < 4.78 is 0. The summed E-state index contributed by atoms with van der Waals surface area (Å²) in [6.45, 7) is 2.48. The standard InChI is InChI=1S/C13H16N2O/c1-9-11-8-10(4-3-7-14)5-6-12(11)15(2)13(9)16/h3-6,8-9H,7,14H2,1-2H3/b4-3+. The van der Waals surface area contributed by atoms with E-state index in [0.717, 1.165) is 16.8 Å². The fourth-order valence-electron chi connectivity index (χ4n) is 2.08. The molecule has 1 aliphatic heterocycles. The lowest BCUT2D eigenvalue weighted by Gasteiger charge is -2.09. The molecule has 1 atom stereocenters. The molecule has 0 saturated carbocycles. The van der Waals surface area contributed by atoms with Gasteiger partial charge >= 0.3 is 0 Å². The van der Waals surface area contributed by atoms with Crippen LogP contribution in [0.3, 0.4) is 0 Å². The average Bonchev–Trinajstić information content (AvgIpc) is 2.52. The Morgan fingerprint density at radius 1 is 1.50 bits per heavy atom. The monoisotopic (exact) mass is 216 g/mol. The molecule has 3 heteroatoms. The Hall–Kier alpha value is -1.61. The van der Waals surface area contributed by atoms with Crippen LogP contribution in [0.15, 0.2) is 24.3 Å². The van der Waals surface area contributed by atoms with Crippen LogP contribution in [0.5, 0.6) is 0 Å². The number of benzene rings is 1. The Bertz CT molecular complexity index is 451. The van der Waals surface area contributed by atoms with Crippen molar-refractivity contribution < 1.29 is 4.79 Å². The first-order chi connectivity index (χ1) is 7.65. The zero-order valence-corrected chi connectivity index (χ0v) is 9.60. The summed E-state index contributed by atoms with van der Waals surface area (Å²) in [7, 11) is 1.82. The average molecular weight is 216 g/mol. The largest absolute Gasteiger partial charge is 0.327 e. The highest BCUT2D eigenvalue weighted by atomic mass is 16.2. The van der Waals surface area contributed by atoms with Crippen molar-refractivity contribution in [3.8, 4) is 0 Å². The zero-order valence-electron chi connectivity index (χ0n) is 9.60. The van der Waals surface area contributed by atoms with Crippen LogP contribution >= 0.6 is 0 Å². The maximum atomic E-state index is 11.8. The third-order valence-electron chi connectivity index (χ3n) is 3.03. The second-order valence-corrected chi connectivity index (χ2v) is 4.08. The van der Waals surface area contributed by atoms with Gasteiger partial charge in [0.2, 0.25) is 5.91 Å². The topological polar surface area (TPSA) is 46.3 Å². The molecule has 0 spiro atoms. The third-order valence-corrected chi connectivity index (χ3v) is 3.03. The van der Waals surface area contributed by atoms with E-state index in [1.165, 1.54) is 0 Å². The van der Waals surface area contributed by atoms with E-state index in [1.54, 1.807) is 4.90 Å². The molecule has 1 aromatic carbocycles. The first-order valence-corrected chi connectivity index (χ1v) is 5.43. The minimum atomic E-state index is -0.0359. The van der Waals surface area contributed by atoms with Gasteiger partial charge in [-0.15, -0.1) is 0 Å². The summed E-state index contributed by atoms with van der Waals surface area (Å²) in [5.41, 5.74) is 8.63. The van der Waals surface area contributed by atoms with Crippen LogP contribution in [-0.2, 0) is 4.79 Å². The number of amides is 1. The van der Waals surface area contributed by atoms with E-state index in [2.05, 4.69) is 6.07 Å². The van der Waals surface area contributed by atoms with Crippen molar-refractivity contribution in [2.45, 2.75) is 12.8 Å². The number of anilines is 1. The highest BCUT2D eigenvalue weighted by Gasteiger charge is 2.31. The number of nitrogens with two attached hydrogens (primary N) is 1. The fourth-order valence-corrected chi connectivity index (χ4v) is 2.08. The van der Waals surface area contributed by atoms with Crippen molar-refractivity contribution in [3.63, 3.8) is 0 Å². The molecule has 0 fully saturated rings. The first-order valence-electron chi connectivity index (χ1n) is 5.43. The van der Waals surface area contributed by atoms with Gasteiger partial charge in [-0.25, -0.2) is 0 Å². The van der Waals surface area contributed by atoms with Gasteiger partial charge in [-0.05, 0) is 30.2 Å². The highest BCUT2D eigenvalue weighted by molar-refractivity contribution is 6.04. The number of carbonyl (C=O) groups is 1. The van der Waals surface area contributed by atoms with E-state index < -0.39 is 0 Å². The minimum Gasteiger partial charge on any atom is -0.327 e. The molecule has 16 heavy (non-hydrogen) atoms. The number of likely N-dealkylation sites (N-methyl/N-ethyl adjacent to an activating group) is 1. The summed E-state index contributed by atoms with van der Waals surface area (Å²) >= 11 is 0. The molecule has 2 rings (SSSR count). The molecule has 0 aliphatic carbocycles. The molecule has 3 nitrogen and oxygen atoms in total. The Labute approximate surface area is 95.6 Å². The smallest absolute Gasteiger partial charge is 0.234 e. The van der Waals surface area contributed by atoms with Crippen molar-refractivity contribution in [2.24, 2.45) is 5.73 Å². The lowest BCUT2D eigenvalue weighted by Crippen LogP contribution is -2.22. The zero-order chi connectivity index (χ0) is 11.7. The molecule has 84 valence electrons. The predicted molar refractivity (Wildman–Crippen MR) is 66.4 cm³/mol. The second kappa shape index (κ2) is 4.10. The van der Waals surface area contributed by atoms with Gasteiger partial charge in [-0.1, -0.05) is 18.2 Å². The Balaban J connectivity index is 2.41. The Morgan fingerprint density at radius 2 is 2.25 bits per heavy atom. The summed E-state index contributed by atoms with van der Waals surface area (Å²) in [5, 5.41) is 0. The fraction of sp³-hybridized carbons (Fsp3) is 0.308. The number of carbonyl (C=O) groups excluding carboxylic acids is 1. The van der Waals surface area contributed by atoms with Gasteiger partial charge < -0.3 is 10.6 Å². The minimum absolute atomic E-state index is 0.0359. The number of hydrogen-bond acceptors (Lipinski definition) is 2. The SMILES string of the molecule is CC1C(=O)N(C)c2ccc(/C=C/CN)cc21. The van der Waals surface area contributed by atoms with Gasteiger partial charge in [-0.2, -0.15) is 0 Å². The van der Waals surface area contributed by atoms with Gasteiger partial charge in [0.05, 0.1) is 5.92 Å². The molecular weight excluding hydrogens is 200 g/mol. The van der Waals surface area contributed by atoms with E-state index in [9.17, 15) is 4.79 Å². The van der Waals surface area contributed by atoms with E-state index in [1.807, 2.05) is 38.3 Å². The molecule has 2 N–H and O–H groups in total. The number of nitrogens with zero attached hydrogens (tertiary/aromatic N) is 1. The van der Waals surface area contributed by atoms with Crippen LogP contribution in [0.4, 0.5) is 5.69 Å². The summed E-state index contributed by atoms with van der Waals surface area (Å²) in [6.07, 6.45) is 3.89. The highest BCUT2D eigenvalue weighted by Crippen LogP contribution is 2.36. The van der Waals surface area contributed by atoms with Crippen molar-refractivity contribution in [1.82, 2.24) is 0 Å². The predicted octanol–water partition coefficient (Wildman–Crippen LogP) is 1.74. The summed E-state index contributed by atoms with van der Waals surface area (Å²) in [4.78, 5) is 13.5. The van der Waals surface area contributed by atoms with Crippen molar-refractivity contribution in [3.05, 3.63) is 35.4 Å². The van der Waals surface area contributed by atoms with E-state index in [4.69, 9.17) is 5.73 Å². The first kappa shape index (κ1) is 10.9. The van der Waals surface area contributed by atoms with Crippen LogP contribution in [-0.4, -0.2) is 19.5 Å². The molecule has 0 saturated heterocycles. The van der Waals surface area contributed by atoms with Crippen LogP contribution in [0, 0.1) is 0 Å². The van der Waals surface area contributed by atoms with Crippen LogP contribution in [0.2, 0.25) is 0 Å². The van der Waals surface area contributed by atoms with E-state index in [0.29, 0.717) is 6.54 Å². The molecule has 1 aromatic rings. The van der Waals surface area contributed by atoms with E-state index in [-0.39, 0.29) is 11.8 Å². The van der Waals surface area contributed by atoms with Crippen LogP contribution in [0.25, 0.3) is 6.08 Å². The van der Waals surface area contributed by atoms with Gasteiger partial charge in [0.15, 0.2) is 0 Å². The third kappa shape index (κ3) is 1.63. The number of rotatable bonds is 2. The maximum absolute atomic E-state index is 11.8.